The number of hydrogen-bond acceptors (Lipinski definition) is 9. The number of aryl methyl sites for hydroxylation is 2. The Kier molecular flexibility index (Phi) is 14.2. The van der Waals surface area contributed by atoms with E-state index in [0.717, 1.165) is 22.3 Å². The van der Waals surface area contributed by atoms with Gasteiger partial charge in [0, 0.05) is 0 Å². The molecule has 0 unspecified atom stereocenters. The molecule has 8 N–H and O–H groups in total. The van der Waals surface area contributed by atoms with Crippen LogP contribution in [-0.2, 0) is 31.6 Å². The lowest BCUT2D eigenvalue weighted by Gasteiger charge is -2.49. The van der Waals surface area contributed by atoms with Crippen molar-refractivity contribution in [3.8, 4) is 0 Å². The third-order valence-electron chi connectivity index (χ3n) is 8.56. The standard InChI is InChI=1S/C35H56O4.H4O5P2/c1-22-15-28(26(32(9,10)11)17-24(22)30(3,4)5)35(39,34(19-36,20-37)21-38)29-16-23(2)25(31(6,7)8)18-27(29)33(12,13)14;1-6(2)5-7(3)4/h15-18,36-39H,19-21H2,1-14H3;1-4H. The van der Waals surface area contributed by atoms with Crippen LogP contribution < -0.4 is 0 Å². The monoisotopic (exact) mass is 686 g/mol. The predicted molar refractivity (Wildman–Crippen MR) is 188 cm³/mol. The summed E-state index contributed by atoms with van der Waals surface area (Å²) in [7, 11) is -5.22. The number of benzene rings is 2. The van der Waals surface area contributed by atoms with Crippen LogP contribution in [0.15, 0.2) is 24.3 Å². The first kappa shape index (κ1) is 43.0. The molecule has 11 heteroatoms. The molecule has 0 saturated heterocycles. The van der Waals surface area contributed by atoms with Crippen LogP contribution in [0.3, 0.4) is 0 Å². The van der Waals surface area contributed by atoms with E-state index < -0.39 is 48.0 Å². The number of aliphatic hydroxyl groups is 4. The van der Waals surface area contributed by atoms with Crippen molar-refractivity contribution in [3.05, 3.63) is 68.8 Å². The van der Waals surface area contributed by atoms with E-state index in [4.69, 9.17) is 19.6 Å². The normalized spacial score (nSPS) is 13.7. The van der Waals surface area contributed by atoms with Crippen LogP contribution in [-0.4, -0.2) is 59.8 Å². The summed E-state index contributed by atoms with van der Waals surface area (Å²) in [6.07, 6.45) is 0. The largest absolute Gasteiger partial charge is 0.395 e. The van der Waals surface area contributed by atoms with Crippen LogP contribution in [0.1, 0.15) is 128 Å². The first-order valence-corrected chi connectivity index (χ1v) is 17.8. The molecule has 0 aromatic heterocycles. The summed E-state index contributed by atoms with van der Waals surface area (Å²) in [4.78, 5) is 31.3. The molecule has 0 atom stereocenters. The minimum Gasteiger partial charge on any atom is -0.395 e. The maximum atomic E-state index is 13.3. The van der Waals surface area contributed by atoms with Crippen molar-refractivity contribution in [2.24, 2.45) is 5.41 Å². The predicted octanol–water partition coefficient (Wildman–Crippen LogP) is 6.12. The van der Waals surface area contributed by atoms with Gasteiger partial charge < -0.3 is 40.0 Å². The minimum absolute atomic E-state index is 0.121. The highest BCUT2D eigenvalue weighted by atomic mass is 31.2. The zero-order chi connectivity index (χ0) is 36.4. The zero-order valence-corrected chi connectivity index (χ0v) is 32.1. The summed E-state index contributed by atoms with van der Waals surface area (Å²) in [5.74, 6) is 0. The van der Waals surface area contributed by atoms with Gasteiger partial charge in [-0.1, -0.05) is 107 Å². The Labute approximate surface area is 279 Å². The Balaban J connectivity index is 0.00000135. The van der Waals surface area contributed by atoms with Gasteiger partial charge in [-0.15, -0.1) is 0 Å². The molecular formula is C35H60O9P2. The first-order chi connectivity index (χ1) is 20.5. The van der Waals surface area contributed by atoms with Gasteiger partial charge in [0.05, 0.1) is 25.2 Å². The Bertz CT molecular complexity index is 1210. The highest BCUT2D eigenvalue weighted by Crippen LogP contribution is 2.52. The molecule has 0 aliphatic rings. The quantitative estimate of drug-likeness (QED) is 0.153. The van der Waals surface area contributed by atoms with Gasteiger partial charge in [-0.3, -0.25) is 0 Å². The third kappa shape index (κ3) is 9.55. The Morgan fingerprint density at radius 3 is 0.913 bits per heavy atom. The van der Waals surface area contributed by atoms with Gasteiger partial charge in [0.1, 0.15) is 5.60 Å². The average Bonchev–Trinajstić information content (AvgIpc) is 2.86. The summed E-state index contributed by atoms with van der Waals surface area (Å²) in [6, 6.07) is 8.41. The van der Waals surface area contributed by atoms with Crippen molar-refractivity contribution in [2.45, 2.75) is 124 Å². The molecule has 9 nitrogen and oxygen atoms in total. The van der Waals surface area contributed by atoms with Crippen LogP contribution in [0, 0.1) is 19.3 Å². The Hall–Kier alpha value is -1.06. The molecule has 0 saturated carbocycles. The molecule has 0 aliphatic heterocycles. The second-order valence-electron chi connectivity index (χ2n) is 16.5. The van der Waals surface area contributed by atoms with Gasteiger partial charge in [0.15, 0.2) is 0 Å². The molecule has 0 amide bonds. The lowest BCUT2D eigenvalue weighted by atomic mass is 9.59. The van der Waals surface area contributed by atoms with Gasteiger partial charge in [0.2, 0.25) is 0 Å². The third-order valence-corrected chi connectivity index (χ3v) is 9.73. The summed E-state index contributed by atoms with van der Waals surface area (Å²) in [6.45, 7) is 28.1. The van der Waals surface area contributed by atoms with Crippen molar-refractivity contribution in [1.29, 1.82) is 0 Å². The van der Waals surface area contributed by atoms with Crippen molar-refractivity contribution in [2.75, 3.05) is 19.8 Å². The summed E-state index contributed by atoms with van der Waals surface area (Å²) in [5, 5.41) is 45.9. The minimum atomic E-state index is -2.61. The van der Waals surface area contributed by atoms with Crippen molar-refractivity contribution in [3.63, 3.8) is 0 Å². The lowest BCUT2D eigenvalue weighted by molar-refractivity contribution is -0.137. The Morgan fingerprint density at radius 2 is 0.739 bits per heavy atom. The van der Waals surface area contributed by atoms with E-state index in [9.17, 15) is 20.4 Å². The maximum Gasteiger partial charge on any atom is 0.334 e. The topological polar surface area (TPSA) is 171 Å². The highest BCUT2D eigenvalue weighted by Gasteiger charge is 2.55. The van der Waals surface area contributed by atoms with Crippen LogP contribution in [0.4, 0.5) is 0 Å². The van der Waals surface area contributed by atoms with Crippen LogP contribution in [0.5, 0.6) is 0 Å². The van der Waals surface area contributed by atoms with E-state index in [1.807, 2.05) is 26.0 Å². The molecule has 0 aliphatic carbocycles. The van der Waals surface area contributed by atoms with Crippen molar-refractivity contribution >= 4 is 17.2 Å². The van der Waals surface area contributed by atoms with Gasteiger partial charge >= 0.3 is 17.2 Å². The van der Waals surface area contributed by atoms with E-state index in [-0.39, 0.29) is 21.7 Å². The lowest BCUT2D eigenvalue weighted by Crippen LogP contribution is -2.55. The smallest absolute Gasteiger partial charge is 0.334 e. The van der Waals surface area contributed by atoms with Crippen LogP contribution >= 0.6 is 17.2 Å². The molecule has 2 rings (SSSR count). The first-order valence-electron chi connectivity index (χ1n) is 15.5. The molecule has 2 aromatic rings. The van der Waals surface area contributed by atoms with E-state index in [0.29, 0.717) is 11.1 Å². The highest BCUT2D eigenvalue weighted by molar-refractivity contribution is 7.53. The van der Waals surface area contributed by atoms with E-state index in [1.54, 1.807) is 0 Å². The molecule has 46 heavy (non-hydrogen) atoms. The molecule has 0 bridgehead atoms. The van der Waals surface area contributed by atoms with Gasteiger partial charge in [0.25, 0.3) is 0 Å². The molecule has 0 spiro atoms. The SMILES string of the molecule is Cc1cc(C(O)(c2cc(C)c(C(C)(C)C)cc2C(C)(C)C)C(CO)(CO)CO)c(C(C)(C)C)cc1C(C)(C)C.OP(O)OP(O)O. The molecular weight excluding hydrogens is 626 g/mol. The van der Waals surface area contributed by atoms with Crippen LogP contribution in [0.2, 0.25) is 0 Å². The molecule has 2 aromatic carbocycles. The average molecular weight is 687 g/mol. The Morgan fingerprint density at radius 1 is 0.478 bits per heavy atom. The molecule has 0 heterocycles. The number of aliphatic hydroxyl groups excluding tert-OH is 3. The van der Waals surface area contributed by atoms with Gasteiger partial charge in [-0.2, -0.15) is 0 Å². The molecule has 0 radical (unpaired) electrons. The van der Waals surface area contributed by atoms with E-state index >= 15 is 0 Å². The van der Waals surface area contributed by atoms with Gasteiger partial charge in [-0.05, 0) is 80.0 Å². The molecule has 264 valence electrons. The fraction of sp³-hybridized carbons (Fsp3) is 0.657. The number of hydrogen-bond donors (Lipinski definition) is 8. The second-order valence-corrected chi connectivity index (χ2v) is 18.1. The van der Waals surface area contributed by atoms with Gasteiger partial charge in [-0.25, -0.2) is 4.31 Å². The van der Waals surface area contributed by atoms with E-state index in [1.165, 1.54) is 11.1 Å². The van der Waals surface area contributed by atoms with E-state index in [2.05, 4.69) is 99.5 Å². The van der Waals surface area contributed by atoms with Crippen molar-refractivity contribution < 1.29 is 44.3 Å². The number of rotatable bonds is 8. The summed E-state index contributed by atoms with van der Waals surface area (Å²) >= 11 is 0. The zero-order valence-electron chi connectivity index (χ0n) is 30.3. The summed E-state index contributed by atoms with van der Waals surface area (Å²) < 4.78 is 3.60. The van der Waals surface area contributed by atoms with Crippen molar-refractivity contribution in [1.82, 2.24) is 0 Å². The van der Waals surface area contributed by atoms with Crippen LogP contribution in [0.25, 0.3) is 0 Å². The maximum absolute atomic E-state index is 13.3. The summed E-state index contributed by atoms with van der Waals surface area (Å²) in [5.41, 5.74) is 2.97. The fourth-order valence-corrected chi connectivity index (χ4v) is 6.67. The fourth-order valence-electron chi connectivity index (χ4n) is 6.15. The molecule has 0 fully saturated rings. The second kappa shape index (κ2) is 15.2.